The highest BCUT2D eigenvalue weighted by Crippen LogP contribution is 2.14. The number of pyridine rings is 1. The summed E-state index contributed by atoms with van der Waals surface area (Å²) in [5.74, 6) is 0.844. The molecule has 17 heavy (non-hydrogen) atoms. The summed E-state index contributed by atoms with van der Waals surface area (Å²) in [6.45, 7) is 5.39. The van der Waals surface area contributed by atoms with Gasteiger partial charge in [-0.2, -0.15) is 0 Å². The highest BCUT2D eigenvalue weighted by molar-refractivity contribution is 5.26. The van der Waals surface area contributed by atoms with E-state index in [1.807, 2.05) is 33.0 Å². The molecule has 0 saturated carbocycles. The fourth-order valence-corrected chi connectivity index (χ4v) is 1.66. The Kier molecular flexibility index (Phi) is 5.38. The van der Waals surface area contributed by atoms with Crippen LogP contribution in [0.15, 0.2) is 12.1 Å². The van der Waals surface area contributed by atoms with Crippen LogP contribution in [0.4, 0.5) is 0 Å². The lowest BCUT2D eigenvalue weighted by Gasteiger charge is -2.17. The Bertz CT molecular complexity index is 353. The van der Waals surface area contributed by atoms with E-state index >= 15 is 0 Å². The van der Waals surface area contributed by atoms with E-state index in [2.05, 4.69) is 9.88 Å². The molecule has 0 aliphatic rings. The molecule has 4 nitrogen and oxygen atoms in total. The zero-order chi connectivity index (χ0) is 12.8. The summed E-state index contributed by atoms with van der Waals surface area (Å²) >= 11 is 0. The second kappa shape index (κ2) is 6.57. The second-order valence-corrected chi connectivity index (χ2v) is 4.52. The van der Waals surface area contributed by atoms with Crippen molar-refractivity contribution in [3.05, 3.63) is 23.5 Å². The van der Waals surface area contributed by atoms with Gasteiger partial charge in [0.1, 0.15) is 5.75 Å². The molecule has 1 unspecified atom stereocenters. The molecule has 96 valence electrons. The number of aromatic nitrogens is 1. The van der Waals surface area contributed by atoms with Crippen LogP contribution < -0.4 is 4.74 Å². The van der Waals surface area contributed by atoms with E-state index < -0.39 is 0 Å². The molecule has 0 amide bonds. The number of hydrogen-bond donors (Lipinski definition) is 1. The molecule has 0 aliphatic heterocycles. The van der Waals surface area contributed by atoms with Crippen LogP contribution in [0.2, 0.25) is 0 Å². The highest BCUT2D eigenvalue weighted by atomic mass is 16.5. The number of nitrogens with zero attached hydrogens (tertiary/aromatic N) is 2. The van der Waals surface area contributed by atoms with Crippen molar-refractivity contribution >= 4 is 0 Å². The van der Waals surface area contributed by atoms with Crippen molar-refractivity contribution in [1.82, 2.24) is 9.88 Å². The normalized spacial score (nSPS) is 12.8. The largest absolute Gasteiger partial charge is 0.497 e. The van der Waals surface area contributed by atoms with Crippen LogP contribution in [0.25, 0.3) is 0 Å². The minimum absolute atomic E-state index is 0.252. The van der Waals surface area contributed by atoms with Gasteiger partial charge in [-0.3, -0.25) is 4.98 Å². The van der Waals surface area contributed by atoms with Gasteiger partial charge in [-0.1, -0.05) is 0 Å². The summed E-state index contributed by atoms with van der Waals surface area (Å²) in [5.41, 5.74) is 1.96. The molecule has 0 bridgehead atoms. The van der Waals surface area contributed by atoms with Crippen LogP contribution in [-0.2, 0) is 6.54 Å². The second-order valence-electron chi connectivity index (χ2n) is 4.52. The molecule has 0 aromatic carbocycles. The Morgan fingerprint density at radius 1 is 1.47 bits per heavy atom. The number of rotatable bonds is 6. The first kappa shape index (κ1) is 13.9. The number of aryl methyl sites for hydroxylation is 1. The van der Waals surface area contributed by atoms with E-state index in [9.17, 15) is 5.11 Å². The minimum atomic E-state index is -0.252. The average molecular weight is 238 g/mol. The van der Waals surface area contributed by atoms with Gasteiger partial charge in [0.05, 0.1) is 18.9 Å². The van der Waals surface area contributed by atoms with Gasteiger partial charge in [-0.15, -0.1) is 0 Å². The number of aliphatic hydroxyl groups is 1. The zero-order valence-corrected chi connectivity index (χ0v) is 11.1. The van der Waals surface area contributed by atoms with Crippen molar-refractivity contribution in [3.8, 4) is 5.75 Å². The van der Waals surface area contributed by atoms with E-state index in [4.69, 9.17) is 4.74 Å². The number of methoxy groups -OCH3 is 1. The highest BCUT2D eigenvalue weighted by Gasteiger charge is 2.05. The first-order valence-corrected chi connectivity index (χ1v) is 5.89. The van der Waals surface area contributed by atoms with Crippen molar-refractivity contribution in [2.75, 3.05) is 20.7 Å². The molecule has 1 heterocycles. The Labute approximate surface area is 103 Å². The quantitative estimate of drug-likeness (QED) is 0.817. The summed E-state index contributed by atoms with van der Waals surface area (Å²) in [7, 11) is 3.69. The van der Waals surface area contributed by atoms with Crippen molar-refractivity contribution in [3.63, 3.8) is 0 Å². The summed E-state index contributed by atoms with van der Waals surface area (Å²) in [6, 6.07) is 3.87. The smallest absolute Gasteiger partial charge is 0.122 e. The van der Waals surface area contributed by atoms with Gasteiger partial charge < -0.3 is 14.7 Å². The van der Waals surface area contributed by atoms with Gasteiger partial charge in [0.2, 0.25) is 0 Å². The van der Waals surface area contributed by atoms with E-state index in [-0.39, 0.29) is 6.10 Å². The van der Waals surface area contributed by atoms with Gasteiger partial charge in [-0.25, -0.2) is 0 Å². The maximum absolute atomic E-state index is 9.23. The molecule has 0 saturated heterocycles. The predicted molar refractivity (Wildman–Crippen MR) is 68.2 cm³/mol. The Balaban J connectivity index is 2.58. The van der Waals surface area contributed by atoms with Crippen LogP contribution in [0.3, 0.4) is 0 Å². The molecule has 1 aromatic rings. The molecular formula is C13H22N2O2. The molecule has 4 heteroatoms. The van der Waals surface area contributed by atoms with Crippen LogP contribution in [0.1, 0.15) is 24.7 Å². The zero-order valence-electron chi connectivity index (χ0n) is 11.1. The van der Waals surface area contributed by atoms with E-state index in [0.29, 0.717) is 0 Å². The van der Waals surface area contributed by atoms with Crippen LogP contribution in [-0.4, -0.2) is 41.8 Å². The van der Waals surface area contributed by atoms with Crippen molar-refractivity contribution in [2.24, 2.45) is 0 Å². The molecule has 0 aliphatic carbocycles. The first-order chi connectivity index (χ1) is 8.01. The Hall–Kier alpha value is -1.13. The van der Waals surface area contributed by atoms with Gasteiger partial charge >= 0.3 is 0 Å². The first-order valence-electron chi connectivity index (χ1n) is 5.89. The minimum Gasteiger partial charge on any atom is -0.497 e. The maximum atomic E-state index is 9.23. The fraction of sp³-hybridized carbons (Fsp3) is 0.615. The lowest BCUT2D eigenvalue weighted by molar-refractivity contribution is 0.162. The molecule has 1 aromatic heterocycles. The summed E-state index contributed by atoms with van der Waals surface area (Å²) in [5, 5.41) is 9.23. The van der Waals surface area contributed by atoms with Crippen LogP contribution in [0, 0.1) is 6.92 Å². The molecule has 0 spiro atoms. The van der Waals surface area contributed by atoms with Crippen LogP contribution in [0.5, 0.6) is 5.75 Å². The van der Waals surface area contributed by atoms with Gasteiger partial charge in [0.15, 0.2) is 0 Å². The molecule has 1 atom stereocenters. The Morgan fingerprint density at radius 3 is 2.76 bits per heavy atom. The fourth-order valence-electron chi connectivity index (χ4n) is 1.66. The van der Waals surface area contributed by atoms with Crippen molar-refractivity contribution in [2.45, 2.75) is 32.9 Å². The molecule has 0 fully saturated rings. The SMILES string of the molecule is COc1cc(C)nc(CN(C)CCC(C)O)c1. The molecule has 0 radical (unpaired) electrons. The lowest BCUT2D eigenvalue weighted by atomic mass is 10.2. The summed E-state index contributed by atoms with van der Waals surface area (Å²) in [4.78, 5) is 6.61. The topological polar surface area (TPSA) is 45.6 Å². The lowest BCUT2D eigenvalue weighted by Crippen LogP contribution is -2.22. The summed E-state index contributed by atoms with van der Waals surface area (Å²) < 4.78 is 5.22. The monoisotopic (exact) mass is 238 g/mol. The standard InChI is InChI=1S/C13H22N2O2/c1-10-7-13(17-4)8-12(14-10)9-15(3)6-5-11(2)16/h7-8,11,16H,5-6,9H2,1-4H3. The van der Waals surface area contributed by atoms with E-state index in [1.54, 1.807) is 7.11 Å². The summed E-state index contributed by atoms with van der Waals surface area (Å²) in [6.07, 6.45) is 0.525. The van der Waals surface area contributed by atoms with Crippen molar-refractivity contribution < 1.29 is 9.84 Å². The third-order valence-corrected chi connectivity index (χ3v) is 2.58. The van der Waals surface area contributed by atoms with Gasteiger partial charge in [0, 0.05) is 30.9 Å². The van der Waals surface area contributed by atoms with Crippen molar-refractivity contribution in [1.29, 1.82) is 0 Å². The van der Waals surface area contributed by atoms with E-state index in [0.717, 1.165) is 36.6 Å². The molecule has 1 rings (SSSR count). The maximum Gasteiger partial charge on any atom is 0.122 e. The third kappa shape index (κ3) is 5.15. The molecular weight excluding hydrogens is 216 g/mol. The van der Waals surface area contributed by atoms with Crippen LogP contribution >= 0.6 is 0 Å². The van der Waals surface area contributed by atoms with Gasteiger partial charge in [-0.05, 0) is 27.3 Å². The number of aliphatic hydroxyl groups excluding tert-OH is 1. The Morgan fingerprint density at radius 2 is 2.18 bits per heavy atom. The average Bonchev–Trinajstić information content (AvgIpc) is 2.25. The third-order valence-electron chi connectivity index (χ3n) is 2.58. The number of ether oxygens (including phenoxy) is 1. The van der Waals surface area contributed by atoms with E-state index in [1.165, 1.54) is 0 Å². The predicted octanol–water partition coefficient (Wildman–Crippen LogP) is 1.60. The number of hydrogen-bond acceptors (Lipinski definition) is 4. The molecule has 1 N–H and O–H groups in total. The van der Waals surface area contributed by atoms with Gasteiger partial charge in [0.25, 0.3) is 0 Å².